The molecular formula is C17H24N4O4. The number of carbonyl (C=O) groups is 1. The minimum absolute atomic E-state index is 0.0670. The van der Waals surface area contributed by atoms with Crippen molar-refractivity contribution >= 4 is 11.7 Å². The lowest BCUT2D eigenvalue weighted by Gasteiger charge is -2.31. The molecule has 3 aliphatic heterocycles. The minimum atomic E-state index is -0.171. The molecule has 2 atom stereocenters. The van der Waals surface area contributed by atoms with Crippen LogP contribution in [0.2, 0.25) is 0 Å². The molecule has 0 spiro atoms. The lowest BCUT2D eigenvalue weighted by Crippen LogP contribution is -2.42. The van der Waals surface area contributed by atoms with Crippen molar-refractivity contribution in [1.82, 2.24) is 15.0 Å². The number of methoxy groups -OCH3 is 1. The maximum Gasteiger partial charge on any atom is 0.246 e. The van der Waals surface area contributed by atoms with E-state index in [9.17, 15) is 4.79 Å². The van der Waals surface area contributed by atoms with Crippen LogP contribution >= 0.6 is 0 Å². The highest BCUT2D eigenvalue weighted by Gasteiger charge is 2.52. The third-order valence-electron chi connectivity index (χ3n) is 5.47. The van der Waals surface area contributed by atoms with E-state index in [2.05, 4.69) is 14.9 Å². The Bertz CT molecular complexity index is 637. The minimum Gasteiger partial charge on any atom is -0.481 e. The van der Waals surface area contributed by atoms with Crippen LogP contribution in [-0.4, -0.2) is 67.5 Å². The maximum atomic E-state index is 12.7. The van der Waals surface area contributed by atoms with Crippen molar-refractivity contribution in [2.24, 2.45) is 11.3 Å². The molecule has 0 N–H and O–H groups in total. The lowest BCUT2D eigenvalue weighted by atomic mass is 9.78. The standard InChI is InChI=1S/C17H24N4O4/c1-23-15-6-14(18-12-19-15)20-8-13-9-24-11-17(13,10-20)7-16(22)21-4-2-3-5-25-21/h6,12-13H,2-5,7-11H2,1H3/t13-,17+/m1/s1. The van der Waals surface area contributed by atoms with Crippen LogP contribution in [0.5, 0.6) is 5.88 Å². The largest absolute Gasteiger partial charge is 0.481 e. The predicted molar refractivity (Wildman–Crippen MR) is 89.1 cm³/mol. The van der Waals surface area contributed by atoms with E-state index in [-0.39, 0.29) is 11.3 Å². The molecule has 136 valence electrons. The second kappa shape index (κ2) is 6.76. The highest BCUT2D eigenvalue weighted by atomic mass is 16.7. The van der Waals surface area contributed by atoms with E-state index in [0.29, 0.717) is 44.6 Å². The van der Waals surface area contributed by atoms with Crippen molar-refractivity contribution in [3.63, 3.8) is 0 Å². The van der Waals surface area contributed by atoms with Gasteiger partial charge in [0.1, 0.15) is 12.1 Å². The molecule has 1 amide bonds. The molecule has 1 aromatic heterocycles. The molecule has 0 unspecified atom stereocenters. The third kappa shape index (κ3) is 3.16. The maximum absolute atomic E-state index is 12.7. The van der Waals surface area contributed by atoms with Crippen molar-refractivity contribution in [3.05, 3.63) is 12.4 Å². The fraction of sp³-hybridized carbons (Fsp3) is 0.706. The van der Waals surface area contributed by atoms with Gasteiger partial charge in [0.15, 0.2) is 0 Å². The Kier molecular flexibility index (Phi) is 4.47. The summed E-state index contributed by atoms with van der Waals surface area (Å²) in [6.07, 6.45) is 3.99. The van der Waals surface area contributed by atoms with Gasteiger partial charge in [-0.05, 0) is 12.8 Å². The summed E-state index contributed by atoms with van der Waals surface area (Å²) in [6.45, 7) is 4.19. The lowest BCUT2D eigenvalue weighted by molar-refractivity contribution is -0.199. The number of rotatable bonds is 4. The van der Waals surface area contributed by atoms with Crippen LogP contribution in [0.25, 0.3) is 0 Å². The number of amides is 1. The molecule has 0 aromatic carbocycles. The van der Waals surface area contributed by atoms with E-state index in [1.54, 1.807) is 12.2 Å². The molecule has 0 saturated carbocycles. The first-order valence-corrected chi connectivity index (χ1v) is 8.82. The number of carbonyl (C=O) groups excluding carboxylic acids is 1. The summed E-state index contributed by atoms with van der Waals surface area (Å²) in [4.78, 5) is 28.9. The Morgan fingerprint density at radius 1 is 1.44 bits per heavy atom. The topological polar surface area (TPSA) is 77.0 Å². The van der Waals surface area contributed by atoms with Crippen molar-refractivity contribution < 1.29 is 19.1 Å². The number of fused-ring (bicyclic) bond motifs is 1. The fourth-order valence-electron chi connectivity index (χ4n) is 4.05. The SMILES string of the molecule is COc1cc(N2C[C@@H]3COC[C@]3(CC(=O)N3CCCCO3)C2)ncn1. The van der Waals surface area contributed by atoms with Crippen molar-refractivity contribution in [1.29, 1.82) is 0 Å². The number of hydrogen-bond acceptors (Lipinski definition) is 7. The van der Waals surface area contributed by atoms with Crippen LogP contribution in [0.15, 0.2) is 12.4 Å². The van der Waals surface area contributed by atoms with Gasteiger partial charge in [0.2, 0.25) is 11.8 Å². The molecular weight excluding hydrogens is 324 g/mol. The Labute approximate surface area is 147 Å². The number of aromatic nitrogens is 2. The summed E-state index contributed by atoms with van der Waals surface area (Å²) < 4.78 is 10.9. The molecule has 3 saturated heterocycles. The van der Waals surface area contributed by atoms with Gasteiger partial charge in [-0.25, -0.2) is 15.0 Å². The molecule has 3 fully saturated rings. The molecule has 1 aromatic rings. The van der Waals surface area contributed by atoms with Gasteiger partial charge in [-0.2, -0.15) is 0 Å². The number of hydroxylamine groups is 2. The molecule has 8 nitrogen and oxygen atoms in total. The zero-order valence-electron chi connectivity index (χ0n) is 14.5. The quantitative estimate of drug-likeness (QED) is 0.799. The summed E-state index contributed by atoms with van der Waals surface area (Å²) in [5.74, 6) is 1.77. The first-order chi connectivity index (χ1) is 12.2. The Hall–Kier alpha value is -1.93. The zero-order valence-corrected chi connectivity index (χ0v) is 14.5. The second-order valence-electron chi connectivity index (χ2n) is 7.09. The van der Waals surface area contributed by atoms with E-state index >= 15 is 0 Å². The van der Waals surface area contributed by atoms with Gasteiger partial charge in [-0.1, -0.05) is 0 Å². The van der Waals surface area contributed by atoms with Gasteiger partial charge in [0.25, 0.3) is 0 Å². The number of ether oxygens (including phenoxy) is 2. The summed E-state index contributed by atoms with van der Waals surface area (Å²) in [6, 6.07) is 1.84. The van der Waals surface area contributed by atoms with Crippen LogP contribution in [0.1, 0.15) is 19.3 Å². The van der Waals surface area contributed by atoms with Gasteiger partial charge in [0.05, 0.1) is 26.9 Å². The molecule has 0 radical (unpaired) electrons. The summed E-state index contributed by atoms with van der Waals surface area (Å²) in [7, 11) is 1.59. The van der Waals surface area contributed by atoms with E-state index in [1.807, 2.05) is 6.07 Å². The summed E-state index contributed by atoms with van der Waals surface area (Å²) in [5.41, 5.74) is -0.171. The van der Waals surface area contributed by atoms with Crippen molar-refractivity contribution in [3.8, 4) is 5.88 Å². The predicted octanol–water partition coefficient (Wildman–Crippen LogP) is 0.882. The number of anilines is 1. The van der Waals surface area contributed by atoms with Crippen LogP contribution in [0.4, 0.5) is 5.82 Å². The van der Waals surface area contributed by atoms with Gasteiger partial charge in [-0.3, -0.25) is 9.63 Å². The molecule has 25 heavy (non-hydrogen) atoms. The second-order valence-corrected chi connectivity index (χ2v) is 7.09. The van der Waals surface area contributed by atoms with Crippen molar-refractivity contribution in [2.75, 3.05) is 51.5 Å². The zero-order chi connectivity index (χ0) is 17.3. The number of nitrogens with zero attached hydrogens (tertiary/aromatic N) is 4. The van der Waals surface area contributed by atoms with E-state index < -0.39 is 0 Å². The van der Waals surface area contributed by atoms with Crippen LogP contribution in [0, 0.1) is 11.3 Å². The first-order valence-electron chi connectivity index (χ1n) is 8.82. The van der Waals surface area contributed by atoms with Crippen LogP contribution in [-0.2, 0) is 14.4 Å². The average molecular weight is 348 g/mol. The summed E-state index contributed by atoms with van der Waals surface area (Å²) in [5, 5.41) is 1.55. The summed E-state index contributed by atoms with van der Waals surface area (Å²) >= 11 is 0. The van der Waals surface area contributed by atoms with Gasteiger partial charge < -0.3 is 14.4 Å². The Morgan fingerprint density at radius 3 is 3.16 bits per heavy atom. The monoisotopic (exact) mass is 348 g/mol. The van der Waals surface area contributed by atoms with Crippen molar-refractivity contribution in [2.45, 2.75) is 19.3 Å². The molecule has 8 heteroatoms. The molecule has 3 aliphatic rings. The van der Waals surface area contributed by atoms with Crippen LogP contribution < -0.4 is 9.64 Å². The highest BCUT2D eigenvalue weighted by Crippen LogP contribution is 2.45. The van der Waals surface area contributed by atoms with Gasteiger partial charge in [0, 0.05) is 43.5 Å². The first kappa shape index (κ1) is 16.5. The molecule has 0 aliphatic carbocycles. The van der Waals surface area contributed by atoms with E-state index in [4.69, 9.17) is 14.3 Å². The molecule has 0 bridgehead atoms. The molecule has 4 heterocycles. The third-order valence-corrected chi connectivity index (χ3v) is 5.47. The van der Waals surface area contributed by atoms with Crippen LogP contribution in [0.3, 0.4) is 0 Å². The normalized spacial score (nSPS) is 28.9. The van der Waals surface area contributed by atoms with Gasteiger partial charge in [-0.15, -0.1) is 0 Å². The average Bonchev–Trinajstić information content (AvgIpc) is 3.19. The Balaban J connectivity index is 1.49. The fourth-order valence-corrected chi connectivity index (χ4v) is 4.05. The van der Waals surface area contributed by atoms with Gasteiger partial charge >= 0.3 is 0 Å². The molecule has 4 rings (SSSR count). The van der Waals surface area contributed by atoms with E-state index in [1.165, 1.54) is 6.33 Å². The smallest absolute Gasteiger partial charge is 0.246 e. The van der Waals surface area contributed by atoms with E-state index in [0.717, 1.165) is 31.7 Å². The Morgan fingerprint density at radius 2 is 2.36 bits per heavy atom. The number of hydrogen-bond donors (Lipinski definition) is 0. The highest BCUT2D eigenvalue weighted by molar-refractivity contribution is 5.76.